The summed E-state index contributed by atoms with van der Waals surface area (Å²) in [7, 11) is 0. The van der Waals surface area contributed by atoms with E-state index in [-0.39, 0.29) is 12.0 Å². The van der Waals surface area contributed by atoms with Gasteiger partial charge in [-0.25, -0.2) is 0 Å². The van der Waals surface area contributed by atoms with Crippen molar-refractivity contribution in [2.75, 3.05) is 0 Å². The van der Waals surface area contributed by atoms with Gasteiger partial charge in [-0.05, 0) is 38.0 Å². The fraction of sp³-hybridized carbons (Fsp3) is 0.533. The van der Waals surface area contributed by atoms with Crippen LogP contribution in [0.1, 0.15) is 33.3 Å². The van der Waals surface area contributed by atoms with E-state index < -0.39 is 12.0 Å². The molecule has 0 aromatic heterocycles. The predicted molar refractivity (Wildman–Crippen MR) is 80.3 cm³/mol. The zero-order valence-electron chi connectivity index (χ0n) is 12.3. The van der Waals surface area contributed by atoms with Gasteiger partial charge in [-0.3, -0.25) is 10.1 Å². The topological polar surface area (TPSA) is 58.6 Å². The third kappa shape index (κ3) is 5.02. The summed E-state index contributed by atoms with van der Waals surface area (Å²) >= 11 is 5.99. The number of benzene rings is 1. The third-order valence-corrected chi connectivity index (χ3v) is 3.07. The maximum Gasteiger partial charge on any atom is 0.320 e. The lowest BCUT2D eigenvalue weighted by molar-refractivity contribution is -0.140. The lowest BCUT2D eigenvalue weighted by Gasteiger charge is -2.20. The minimum absolute atomic E-state index is 0.00107. The summed E-state index contributed by atoms with van der Waals surface area (Å²) in [5.41, 5.74) is 0.859. The molecule has 0 fully saturated rings. The number of carboxylic acid groups (broad SMARTS) is 1. The third-order valence-electron chi connectivity index (χ3n) is 2.83. The Morgan fingerprint density at radius 2 is 2.00 bits per heavy atom. The molecule has 0 aliphatic heterocycles. The number of ether oxygens (including phenoxy) is 1. The SMILES string of the molecule is CC(C)Oc1ccc(Cl)cc1CN[C@@H](C(=O)O)C(C)C. The number of nitrogens with one attached hydrogen (secondary N) is 1. The Hall–Kier alpha value is -1.26. The highest BCUT2D eigenvalue weighted by Crippen LogP contribution is 2.24. The van der Waals surface area contributed by atoms with Gasteiger partial charge in [0.05, 0.1) is 6.10 Å². The van der Waals surface area contributed by atoms with E-state index in [4.69, 9.17) is 16.3 Å². The Bertz CT molecular complexity index is 460. The molecule has 4 nitrogen and oxygen atoms in total. The Balaban J connectivity index is 2.84. The lowest BCUT2D eigenvalue weighted by Crippen LogP contribution is -2.40. The molecule has 0 aliphatic carbocycles. The molecule has 0 unspecified atom stereocenters. The van der Waals surface area contributed by atoms with Gasteiger partial charge < -0.3 is 9.84 Å². The minimum Gasteiger partial charge on any atom is -0.491 e. The molecule has 20 heavy (non-hydrogen) atoms. The highest BCUT2D eigenvalue weighted by Gasteiger charge is 2.21. The molecule has 0 aliphatic rings. The van der Waals surface area contributed by atoms with Gasteiger partial charge in [0.1, 0.15) is 11.8 Å². The zero-order chi connectivity index (χ0) is 15.3. The van der Waals surface area contributed by atoms with Crippen molar-refractivity contribution in [1.82, 2.24) is 5.32 Å². The van der Waals surface area contributed by atoms with Gasteiger partial charge in [0, 0.05) is 17.1 Å². The summed E-state index contributed by atoms with van der Waals surface area (Å²) in [5.74, 6) is -0.126. The van der Waals surface area contributed by atoms with Crippen molar-refractivity contribution in [3.05, 3.63) is 28.8 Å². The van der Waals surface area contributed by atoms with E-state index in [1.54, 1.807) is 12.1 Å². The molecular formula is C15H22ClNO3. The van der Waals surface area contributed by atoms with E-state index in [1.165, 1.54) is 0 Å². The highest BCUT2D eigenvalue weighted by atomic mass is 35.5. The number of hydrogen-bond acceptors (Lipinski definition) is 3. The largest absolute Gasteiger partial charge is 0.491 e. The molecule has 0 heterocycles. The van der Waals surface area contributed by atoms with Crippen LogP contribution in [-0.4, -0.2) is 23.2 Å². The quantitative estimate of drug-likeness (QED) is 0.811. The second-order valence-corrected chi connectivity index (χ2v) is 5.80. The molecule has 0 saturated heterocycles. The number of halogens is 1. The van der Waals surface area contributed by atoms with Gasteiger partial charge >= 0.3 is 5.97 Å². The molecule has 0 saturated carbocycles. The molecule has 1 aromatic rings. The van der Waals surface area contributed by atoms with Crippen molar-refractivity contribution in [3.8, 4) is 5.75 Å². The van der Waals surface area contributed by atoms with Crippen molar-refractivity contribution >= 4 is 17.6 Å². The van der Waals surface area contributed by atoms with E-state index in [0.717, 1.165) is 11.3 Å². The van der Waals surface area contributed by atoms with Crippen molar-refractivity contribution in [1.29, 1.82) is 0 Å². The van der Waals surface area contributed by atoms with Gasteiger partial charge in [0.15, 0.2) is 0 Å². The summed E-state index contributed by atoms with van der Waals surface area (Å²) in [6.07, 6.45) is 0.0512. The van der Waals surface area contributed by atoms with Crippen LogP contribution in [0.3, 0.4) is 0 Å². The monoisotopic (exact) mass is 299 g/mol. The smallest absolute Gasteiger partial charge is 0.320 e. The van der Waals surface area contributed by atoms with Crippen molar-refractivity contribution in [3.63, 3.8) is 0 Å². The summed E-state index contributed by atoms with van der Waals surface area (Å²) in [6.45, 7) is 8.03. The first-order chi connectivity index (χ1) is 9.31. The number of carbonyl (C=O) groups is 1. The van der Waals surface area contributed by atoms with Crippen LogP contribution >= 0.6 is 11.6 Å². The van der Waals surface area contributed by atoms with Crippen molar-refractivity contribution in [2.24, 2.45) is 5.92 Å². The number of rotatable bonds is 7. The van der Waals surface area contributed by atoms with E-state index in [2.05, 4.69) is 5.32 Å². The van der Waals surface area contributed by atoms with Crippen LogP contribution < -0.4 is 10.1 Å². The van der Waals surface area contributed by atoms with Gasteiger partial charge in [0.2, 0.25) is 0 Å². The standard InChI is InChI=1S/C15H22ClNO3/c1-9(2)14(15(18)19)17-8-11-7-12(16)5-6-13(11)20-10(3)4/h5-7,9-10,14,17H,8H2,1-4H3,(H,18,19)/t14-/m1/s1. The first kappa shape index (κ1) is 16.8. The summed E-state index contributed by atoms with van der Waals surface area (Å²) in [5, 5.41) is 12.8. The number of carboxylic acids is 1. The second kappa shape index (κ2) is 7.50. The van der Waals surface area contributed by atoms with Crippen LogP contribution in [0.5, 0.6) is 5.75 Å². The molecule has 1 aromatic carbocycles. The van der Waals surface area contributed by atoms with E-state index >= 15 is 0 Å². The molecule has 0 spiro atoms. The van der Waals surface area contributed by atoms with Crippen LogP contribution in [0.4, 0.5) is 0 Å². The first-order valence-corrected chi connectivity index (χ1v) is 7.10. The molecule has 0 radical (unpaired) electrons. The van der Waals surface area contributed by atoms with Crippen LogP contribution in [0, 0.1) is 5.92 Å². The van der Waals surface area contributed by atoms with Gasteiger partial charge in [-0.15, -0.1) is 0 Å². The molecule has 0 bridgehead atoms. The molecule has 0 amide bonds. The van der Waals surface area contributed by atoms with E-state index in [9.17, 15) is 9.90 Å². The van der Waals surface area contributed by atoms with Crippen LogP contribution in [0.15, 0.2) is 18.2 Å². The lowest BCUT2D eigenvalue weighted by atomic mass is 10.0. The summed E-state index contributed by atoms with van der Waals surface area (Å²) in [4.78, 5) is 11.2. The summed E-state index contributed by atoms with van der Waals surface area (Å²) < 4.78 is 5.71. The maximum absolute atomic E-state index is 11.2. The van der Waals surface area contributed by atoms with Crippen molar-refractivity contribution in [2.45, 2.75) is 46.4 Å². The molecular weight excluding hydrogens is 278 g/mol. The number of hydrogen-bond donors (Lipinski definition) is 2. The van der Waals surface area contributed by atoms with Gasteiger partial charge in [0.25, 0.3) is 0 Å². The fourth-order valence-electron chi connectivity index (χ4n) is 1.88. The Labute approximate surface area is 125 Å². The first-order valence-electron chi connectivity index (χ1n) is 6.72. The molecule has 1 rings (SSSR count). The van der Waals surface area contributed by atoms with Crippen LogP contribution in [0.2, 0.25) is 5.02 Å². The maximum atomic E-state index is 11.2. The Kier molecular flexibility index (Phi) is 6.30. The molecule has 1 atom stereocenters. The van der Waals surface area contributed by atoms with Gasteiger partial charge in [-0.1, -0.05) is 25.4 Å². The minimum atomic E-state index is -0.853. The van der Waals surface area contributed by atoms with Crippen LogP contribution in [-0.2, 0) is 11.3 Å². The molecule has 5 heteroatoms. The number of aliphatic carboxylic acids is 1. The second-order valence-electron chi connectivity index (χ2n) is 5.36. The van der Waals surface area contributed by atoms with Crippen LogP contribution in [0.25, 0.3) is 0 Å². The zero-order valence-corrected chi connectivity index (χ0v) is 13.1. The van der Waals surface area contributed by atoms with E-state index in [1.807, 2.05) is 33.8 Å². The van der Waals surface area contributed by atoms with Gasteiger partial charge in [-0.2, -0.15) is 0 Å². The fourth-order valence-corrected chi connectivity index (χ4v) is 2.08. The average Bonchev–Trinajstić information content (AvgIpc) is 2.31. The summed E-state index contributed by atoms with van der Waals surface area (Å²) in [6, 6.07) is 4.77. The normalized spacial score (nSPS) is 12.8. The Morgan fingerprint density at radius 3 is 2.50 bits per heavy atom. The van der Waals surface area contributed by atoms with Crippen molar-refractivity contribution < 1.29 is 14.6 Å². The predicted octanol–water partition coefficient (Wildman–Crippen LogP) is 3.33. The average molecular weight is 300 g/mol. The highest BCUT2D eigenvalue weighted by molar-refractivity contribution is 6.30. The Morgan fingerprint density at radius 1 is 1.35 bits per heavy atom. The van der Waals surface area contributed by atoms with E-state index in [0.29, 0.717) is 11.6 Å². The molecule has 2 N–H and O–H groups in total. The molecule has 112 valence electrons.